The second-order valence-electron chi connectivity index (χ2n) is 8.87. The summed E-state index contributed by atoms with van der Waals surface area (Å²) >= 11 is 0. The summed E-state index contributed by atoms with van der Waals surface area (Å²) in [5.41, 5.74) is 1.77. The Morgan fingerprint density at radius 1 is 0.917 bits per heavy atom. The van der Waals surface area contributed by atoms with Crippen LogP contribution in [0, 0.1) is 5.82 Å². The number of hydrogen-bond acceptors (Lipinski definition) is 5. The SMILES string of the molecule is COc1ccc(F)cc1CN1CCN(C(=O)c2nn(Cc3ccccc3)c(=O)c3ccccc23)CC1. The van der Waals surface area contributed by atoms with Crippen LogP contribution >= 0.6 is 0 Å². The summed E-state index contributed by atoms with van der Waals surface area (Å²) in [6.45, 7) is 3.09. The van der Waals surface area contributed by atoms with E-state index in [0.29, 0.717) is 49.2 Å². The zero-order chi connectivity index (χ0) is 25.1. The predicted octanol–water partition coefficient (Wildman–Crippen LogP) is 3.55. The number of rotatable bonds is 6. The van der Waals surface area contributed by atoms with Gasteiger partial charge in [0.1, 0.15) is 11.6 Å². The van der Waals surface area contributed by atoms with E-state index in [4.69, 9.17) is 4.74 Å². The van der Waals surface area contributed by atoms with Gasteiger partial charge in [0, 0.05) is 43.7 Å². The number of nitrogens with zero attached hydrogens (tertiary/aromatic N) is 4. The molecule has 1 amide bonds. The lowest BCUT2D eigenvalue weighted by Gasteiger charge is -2.35. The molecule has 7 nitrogen and oxygen atoms in total. The fourth-order valence-corrected chi connectivity index (χ4v) is 4.63. The average Bonchev–Trinajstić information content (AvgIpc) is 2.91. The summed E-state index contributed by atoms with van der Waals surface area (Å²) in [4.78, 5) is 30.6. The first-order valence-corrected chi connectivity index (χ1v) is 11.9. The van der Waals surface area contributed by atoms with Crippen LogP contribution in [0.25, 0.3) is 10.8 Å². The van der Waals surface area contributed by atoms with E-state index in [1.54, 1.807) is 36.3 Å². The molecule has 1 saturated heterocycles. The highest BCUT2D eigenvalue weighted by atomic mass is 19.1. The molecule has 8 heteroatoms. The second-order valence-corrected chi connectivity index (χ2v) is 8.87. The van der Waals surface area contributed by atoms with Gasteiger partial charge in [-0.05, 0) is 29.8 Å². The van der Waals surface area contributed by atoms with E-state index in [1.807, 2.05) is 36.4 Å². The first kappa shape index (κ1) is 23.7. The van der Waals surface area contributed by atoms with Crippen LogP contribution in [0.5, 0.6) is 5.75 Å². The Labute approximate surface area is 208 Å². The van der Waals surface area contributed by atoms with Gasteiger partial charge in [-0.25, -0.2) is 9.07 Å². The summed E-state index contributed by atoms with van der Waals surface area (Å²) in [6.07, 6.45) is 0. The highest BCUT2D eigenvalue weighted by Crippen LogP contribution is 2.22. The molecule has 184 valence electrons. The van der Waals surface area contributed by atoms with Crippen LogP contribution < -0.4 is 10.3 Å². The summed E-state index contributed by atoms with van der Waals surface area (Å²) < 4.78 is 20.5. The smallest absolute Gasteiger partial charge is 0.275 e. The van der Waals surface area contributed by atoms with Crippen molar-refractivity contribution < 1.29 is 13.9 Å². The Balaban J connectivity index is 1.36. The van der Waals surface area contributed by atoms with Gasteiger partial charge in [-0.1, -0.05) is 48.5 Å². The van der Waals surface area contributed by atoms with Crippen molar-refractivity contribution in [3.05, 3.63) is 106 Å². The lowest BCUT2D eigenvalue weighted by Crippen LogP contribution is -2.48. The molecule has 0 saturated carbocycles. The number of hydrogen-bond donors (Lipinski definition) is 0. The number of methoxy groups -OCH3 is 1. The van der Waals surface area contributed by atoms with Crippen molar-refractivity contribution in [2.45, 2.75) is 13.1 Å². The maximum atomic E-state index is 13.8. The van der Waals surface area contributed by atoms with Gasteiger partial charge in [-0.2, -0.15) is 5.10 Å². The molecule has 36 heavy (non-hydrogen) atoms. The van der Waals surface area contributed by atoms with Crippen molar-refractivity contribution in [2.75, 3.05) is 33.3 Å². The molecule has 1 aliphatic rings. The number of carbonyl (C=O) groups excluding carboxylic acids is 1. The van der Waals surface area contributed by atoms with E-state index < -0.39 is 0 Å². The van der Waals surface area contributed by atoms with Crippen molar-refractivity contribution in [1.29, 1.82) is 0 Å². The number of amides is 1. The fourth-order valence-electron chi connectivity index (χ4n) is 4.63. The third kappa shape index (κ3) is 4.85. The number of carbonyl (C=O) groups is 1. The van der Waals surface area contributed by atoms with E-state index in [1.165, 1.54) is 16.8 Å². The van der Waals surface area contributed by atoms with E-state index in [2.05, 4.69) is 10.00 Å². The van der Waals surface area contributed by atoms with Crippen LogP contribution in [0.15, 0.2) is 77.6 Å². The molecule has 0 bridgehead atoms. The molecular formula is C28H27FN4O3. The monoisotopic (exact) mass is 486 g/mol. The zero-order valence-electron chi connectivity index (χ0n) is 20.1. The Morgan fingerprint density at radius 3 is 2.33 bits per heavy atom. The standard InChI is InChI=1S/C28H27FN4O3/c1-36-25-12-11-22(29)17-21(25)19-31-13-15-32(16-14-31)28(35)26-23-9-5-6-10-24(23)27(34)33(30-26)18-20-7-3-2-4-8-20/h2-12,17H,13-16,18-19H2,1H3. The van der Waals surface area contributed by atoms with Gasteiger partial charge in [0.2, 0.25) is 0 Å². The van der Waals surface area contributed by atoms with E-state index in [0.717, 1.165) is 11.1 Å². The van der Waals surface area contributed by atoms with Crippen LogP contribution in [-0.4, -0.2) is 58.8 Å². The average molecular weight is 487 g/mol. The Hall–Kier alpha value is -4.04. The molecule has 5 rings (SSSR count). The summed E-state index contributed by atoms with van der Waals surface area (Å²) in [5, 5.41) is 5.57. The summed E-state index contributed by atoms with van der Waals surface area (Å²) in [5.74, 6) is 0.144. The van der Waals surface area contributed by atoms with Crippen molar-refractivity contribution in [1.82, 2.24) is 19.6 Å². The third-order valence-electron chi connectivity index (χ3n) is 6.54. The zero-order valence-corrected chi connectivity index (χ0v) is 20.1. The lowest BCUT2D eigenvalue weighted by atomic mass is 10.1. The van der Waals surface area contributed by atoms with Crippen molar-refractivity contribution in [3.63, 3.8) is 0 Å². The number of halogens is 1. The molecule has 1 aromatic heterocycles. The van der Waals surface area contributed by atoms with E-state index in [9.17, 15) is 14.0 Å². The quantitative estimate of drug-likeness (QED) is 0.417. The molecule has 0 unspecified atom stereocenters. The topological polar surface area (TPSA) is 67.7 Å². The van der Waals surface area contributed by atoms with Crippen LogP contribution in [0.2, 0.25) is 0 Å². The number of fused-ring (bicyclic) bond motifs is 1. The second kappa shape index (κ2) is 10.3. The first-order valence-electron chi connectivity index (χ1n) is 11.9. The molecule has 4 aromatic rings. The van der Waals surface area contributed by atoms with E-state index >= 15 is 0 Å². The van der Waals surface area contributed by atoms with Gasteiger partial charge in [0.25, 0.3) is 11.5 Å². The number of piperazine rings is 1. The van der Waals surface area contributed by atoms with Crippen LogP contribution in [-0.2, 0) is 13.1 Å². The minimum absolute atomic E-state index is 0.198. The van der Waals surface area contributed by atoms with Crippen LogP contribution in [0.4, 0.5) is 4.39 Å². The van der Waals surface area contributed by atoms with Crippen molar-refractivity contribution in [3.8, 4) is 5.75 Å². The van der Waals surface area contributed by atoms with Gasteiger partial charge < -0.3 is 9.64 Å². The van der Waals surface area contributed by atoms with Gasteiger partial charge in [0.05, 0.1) is 19.0 Å². The summed E-state index contributed by atoms with van der Waals surface area (Å²) in [7, 11) is 1.57. The highest BCUT2D eigenvalue weighted by Gasteiger charge is 2.26. The van der Waals surface area contributed by atoms with Crippen LogP contribution in [0.1, 0.15) is 21.6 Å². The van der Waals surface area contributed by atoms with Gasteiger partial charge in [0.15, 0.2) is 5.69 Å². The first-order chi connectivity index (χ1) is 17.5. The molecule has 1 aliphatic heterocycles. The van der Waals surface area contributed by atoms with Crippen molar-refractivity contribution >= 4 is 16.7 Å². The molecule has 2 heterocycles. The highest BCUT2D eigenvalue weighted by molar-refractivity contribution is 6.04. The molecule has 0 spiro atoms. The molecule has 0 aliphatic carbocycles. The van der Waals surface area contributed by atoms with Gasteiger partial charge in [-0.3, -0.25) is 14.5 Å². The fraction of sp³-hybridized carbons (Fsp3) is 0.250. The number of aromatic nitrogens is 2. The summed E-state index contributed by atoms with van der Waals surface area (Å²) in [6, 6.07) is 21.2. The lowest BCUT2D eigenvalue weighted by molar-refractivity contribution is 0.0621. The Bertz CT molecular complexity index is 1450. The molecule has 3 aromatic carbocycles. The van der Waals surface area contributed by atoms with Crippen LogP contribution in [0.3, 0.4) is 0 Å². The molecule has 0 N–H and O–H groups in total. The van der Waals surface area contributed by atoms with Crippen molar-refractivity contribution in [2.24, 2.45) is 0 Å². The molecule has 1 fully saturated rings. The molecule has 0 atom stereocenters. The maximum absolute atomic E-state index is 13.8. The molecular weight excluding hydrogens is 459 g/mol. The minimum atomic E-state index is -0.303. The third-order valence-corrected chi connectivity index (χ3v) is 6.54. The number of benzene rings is 3. The predicted molar refractivity (Wildman–Crippen MR) is 136 cm³/mol. The van der Waals surface area contributed by atoms with Gasteiger partial charge >= 0.3 is 0 Å². The largest absolute Gasteiger partial charge is 0.496 e. The minimum Gasteiger partial charge on any atom is -0.496 e. The molecule has 0 radical (unpaired) electrons. The Morgan fingerprint density at radius 2 is 1.61 bits per heavy atom. The normalized spacial score (nSPS) is 14.2. The Kier molecular flexibility index (Phi) is 6.77. The maximum Gasteiger partial charge on any atom is 0.275 e. The van der Waals surface area contributed by atoms with Gasteiger partial charge in [-0.15, -0.1) is 0 Å². The van der Waals surface area contributed by atoms with E-state index in [-0.39, 0.29) is 29.5 Å². The number of ether oxygens (including phenoxy) is 1.